The third-order valence-electron chi connectivity index (χ3n) is 3.13. The van der Waals surface area contributed by atoms with E-state index in [4.69, 9.17) is 0 Å². The summed E-state index contributed by atoms with van der Waals surface area (Å²) in [6, 6.07) is 0.373. The lowest BCUT2D eigenvalue weighted by Gasteiger charge is -2.26. The Morgan fingerprint density at radius 3 is 2.93 bits per heavy atom. The second kappa shape index (κ2) is 4.43. The minimum Gasteiger partial charge on any atom is -0.355 e. The molecule has 0 aromatic rings. The highest BCUT2D eigenvalue weighted by Crippen LogP contribution is 2.23. The average molecular weight is 228 g/mol. The Balaban J connectivity index is 1.91. The Bertz CT molecular complexity index is 277. The molecule has 2 heterocycles. The van der Waals surface area contributed by atoms with Gasteiger partial charge in [-0.2, -0.15) is 11.8 Å². The summed E-state index contributed by atoms with van der Waals surface area (Å²) in [6.45, 7) is 0.516. The van der Waals surface area contributed by atoms with Crippen LogP contribution in [-0.2, 0) is 9.59 Å². The summed E-state index contributed by atoms with van der Waals surface area (Å²) in [7, 11) is 1.86. The molecule has 2 fully saturated rings. The van der Waals surface area contributed by atoms with E-state index in [0.717, 1.165) is 17.9 Å². The predicted octanol–water partition coefficient (Wildman–Crippen LogP) is 0.0864. The van der Waals surface area contributed by atoms with Crippen LogP contribution in [0.1, 0.15) is 12.8 Å². The van der Waals surface area contributed by atoms with Gasteiger partial charge in [0, 0.05) is 31.8 Å². The zero-order chi connectivity index (χ0) is 10.8. The van der Waals surface area contributed by atoms with Gasteiger partial charge in [0.05, 0.1) is 5.92 Å². The lowest BCUT2D eigenvalue weighted by molar-refractivity contribution is -0.136. The normalized spacial score (nSPS) is 30.3. The second-order valence-electron chi connectivity index (χ2n) is 4.17. The van der Waals surface area contributed by atoms with Crippen LogP contribution in [0.25, 0.3) is 0 Å². The molecule has 0 saturated carbocycles. The van der Waals surface area contributed by atoms with Crippen LogP contribution >= 0.6 is 11.8 Å². The van der Waals surface area contributed by atoms with Crippen molar-refractivity contribution in [1.82, 2.24) is 10.2 Å². The number of rotatable bonds is 2. The Hall–Kier alpha value is -0.710. The van der Waals surface area contributed by atoms with Gasteiger partial charge < -0.3 is 10.2 Å². The van der Waals surface area contributed by atoms with E-state index in [2.05, 4.69) is 5.32 Å². The Morgan fingerprint density at radius 1 is 1.60 bits per heavy atom. The van der Waals surface area contributed by atoms with Crippen molar-refractivity contribution in [3.8, 4) is 0 Å². The van der Waals surface area contributed by atoms with E-state index in [1.54, 1.807) is 0 Å². The molecule has 2 amide bonds. The summed E-state index contributed by atoms with van der Waals surface area (Å²) < 4.78 is 0. The molecule has 0 radical (unpaired) electrons. The van der Waals surface area contributed by atoms with E-state index in [-0.39, 0.29) is 17.7 Å². The highest BCUT2D eigenvalue weighted by molar-refractivity contribution is 7.99. The molecule has 0 aromatic carbocycles. The number of nitrogens with zero attached hydrogens (tertiary/aromatic N) is 1. The number of amides is 2. The first-order chi connectivity index (χ1) is 7.18. The third kappa shape index (κ3) is 2.27. The number of hydrogen-bond donors (Lipinski definition) is 1. The van der Waals surface area contributed by atoms with Crippen molar-refractivity contribution in [3.63, 3.8) is 0 Å². The van der Waals surface area contributed by atoms with E-state index in [1.165, 1.54) is 0 Å². The van der Waals surface area contributed by atoms with Gasteiger partial charge in [0.15, 0.2) is 0 Å². The minimum absolute atomic E-state index is 0.00236. The monoisotopic (exact) mass is 228 g/mol. The zero-order valence-electron chi connectivity index (χ0n) is 8.86. The Morgan fingerprint density at radius 2 is 2.40 bits per heavy atom. The topological polar surface area (TPSA) is 49.4 Å². The SMILES string of the molecule is CN(C(=O)C1CNC(=O)C1)C1CCSC1. The van der Waals surface area contributed by atoms with Gasteiger partial charge in [0.25, 0.3) is 0 Å². The summed E-state index contributed by atoms with van der Waals surface area (Å²) in [5, 5.41) is 2.70. The van der Waals surface area contributed by atoms with Crippen molar-refractivity contribution in [2.24, 2.45) is 5.92 Å². The van der Waals surface area contributed by atoms with Crippen molar-refractivity contribution in [3.05, 3.63) is 0 Å². The first-order valence-electron chi connectivity index (χ1n) is 5.29. The zero-order valence-corrected chi connectivity index (χ0v) is 9.68. The Labute approximate surface area is 93.8 Å². The third-order valence-corrected chi connectivity index (χ3v) is 4.27. The molecule has 0 aromatic heterocycles. The van der Waals surface area contributed by atoms with Crippen molar-refractivity contribution in [1.29, 1.82) is 0 Å². The van der Waals surface area contributed by atoms with E-state index in [0.29, 0.717) is 19.0 Å². The van der Waals surface area contributed by atoms with Crippen molar-refractivity contribution in [2.75, 3.05) is 25.1 Å². The molecule has 84 valence electrons. The lowest BCUT2D eigenvalue weighted by Crippen LogP contribution is -2.41. The fourth-order valence-corrected chi connectivity index (χ4v) is 3.34. The molecule has 2 saturated heterocycles. The van der Waals surface area contributed by atoms with E-state index >= 15 is 0 Å². The van der Waals surface area contributed by atoms with E-state index < -0.39 is 0 Å². The lowest BCUT2D eigenvalue weighted by atomic mass is 10.1. The molecule has 2 unspecified atom stereocenters. The van der Waals surface area contributed by atoms with Gasteiger partial charge >= 0.3 is 0 Å². The predicted molar refractivity (Wildman–Crippen MR) is 59.6 cm³/mol. The maximum absolute atomic E-state index is 12.0. The molecule has 2 rings (SSSR count). The molecule has 1 N–H and O–H groups in total. The summed E-state index contributed by atoms with van der Waals surface area (Å²) in [6.07, 6.45) is 1.45. The smallest absolute Gasteiger partial charge is 0.228 e. The van der Waals surface area contributed by atoms with Gasteiger partial charge in [-0.1, -0.05) is 0 Å². The maximum atomic E-state index is 12.0. The van der Waals surface area contributed by atoms with Crippen LogP contribution in [0.4, 0.5) is 0 Å². The largest absolute Gasteiger partial charge is 0.355 e. The second-order valence-corrected chi connectivity index (χ2v) is 5.32. The molecule has 5 heteroatoms. The first kappa shape index (κ1) is 10.8. The van der Waals surface area contributed by atoms with Crippen molar-refractivity contribution >= 4 is 23.6 Å². The quantitative estimate of drug-likeness (QED) is 0.728. The van der Waals surface area contributed by atoms with E-state index in [1.807, 2.05) is 23.7 Å². The highest BCUT2D eigenvalue weighted by atomic mass is 32.2. The molecule has 2 aliphatic heterocycles. The van der Waals surface area contributed by atoms with Crippen LogP contribution in [-0.4, -0.2) is 47.9 Å². The molecule has 4 nitrogen and oxygen atoms in total. The molecule has 0 bridgehead atoms. The fraction of sp³-hybridized carbons (Fsp3) is 0.800. The van der Waals surface area contributed by atoms with Gasteiger partial charge in [-0.15, -0.1) is 0 Å². The molecule has 15 heavy (non-hydrogen) atoms. The highest BCUT2D eigenvalue weighted by Gasteiger charge is 2.33. The van der Waals surface area contributed by atoms with Crippen molar-refractivity contribution < 1.29 is 9.59 Å². The number of carbonyl (C=O) groups is 2. The molecule has 0 aliphatic carbocycles. The average Bonchev–Trinajstić information content (AvgIpc) is 2.85. The number of carbonyl (C=O) groups excluding carboxylic acids is 2. The van der Waals surface area contributed by atoms with Crippen LogP contribution in [0, 0.1) is 5.92 Å². The number of nitrogens with one attached hydrogen (secondary N) is 1. The van der Waals surface area contributed by atoms with Crippen LogP contribution in [0.5, 0.6) is 0 Å². The number of thioether (sulfide) groups is 1. The molecule has 2 atom stereocenters. The minimum atomic E-state index is -0.131. The summed E-state index contributed by atoms with van der Waals surface area (Å²) in [4.78, 5) is 24.9. The fourth-order valence-electron chi connectivity index (χ4n) is 2.08. The summed E-state index contributed by atoms with van der Waals surface area (Å²) in [5.41, 5.74) is 0. The van der Waals surface area contributed by atoms with Gasteiger partial charge in [0.2, 0.25) is 11.8 Å². The van der Waals surface area contributed by atoms with Crippen LogP contribution < -0.4 is 5.32 Å². The first-order valence-corrected chi connectivity index (χ1v) is 6.45. The van der Waals surface area contributed by atoms with Gasteiger partial charge in [-0.3, -0.25) is 9.59 Å². The van der Waals surface area contributed by atoms with Gasteiger partial charge in [-0.05, 0) is 12.2 Å². The number of hydrogen-bond acceptors (Lipinski definition) is 3. The Kier molecular flexibility index (Phi) is 3.19. The molecule has 2 aliphatic rings. The van der Waals surface area contributed by atoms with Crippen LogP contribution in [0.3, 0.4) is 0 Å². The maximum Gasteiger partial charge on any atom is 0.228 e. The van der Waals surface area contributed by atoms with Gasteiger partial charge in [0.1, 0.15) is 0 Å². The summed E-state index contributed by atoms with van der Waals surface area (Å²) >= 11 is 1.89. The van der Waals surface area contributed by atoms with E-state index in [9.17, 15) is 9.59 Å². The molecule has 0 spiro atoms. The van der Waals surface area contributed by atoms with Gasteiger partial charge in [-0.25, -0.2) is 0 Å². The molecular formula is C10H16N2O2S. The van der Waals surface area contributed by atoms with Crippen LogP contribution in [0.2, 0.25) is 0 Å². The van der Waals surface area contributed by atoms with Crippen LogP contribution in [0.15, 0.2) is 0 Å². The van der Waals surface area contributed by atoms with Crippen molar-refractivity contribution in [2.45, 2.75) is 18.9 Å². The molecular weight excluding hydrogens is 212 g/mol. The summed E-state index contributed by atoms with van der Waals surface area (Å²) in [5.74, 6) is 2.18. The standard InChI is InChI=1S/C10H16N2O2S/c1-12(8-2-3-15-6-8)10(14)7-4-9(13)11-5-7/h7-8H,2-6H2,1H3,(H,11,13).